The van der Waals surface area contributed by atoms with Crippen molar-refractivity contribution < 1.29 is 19.8 Å². The van der Waals surface area contributed by atoms with Gasteiger partial charge >= 0.3 is 5.97 Å². The fraction of sp³-hybridized carbons (Fsp3) is 0.778. The Balaban J connectivity index is 0.00000225. The van der Waals surface area contributed by atoms with Gasteiger partial charge in [0.05, 0.1) is 12.1 Å². The Bertz CT molecular complexity index is 254. The van der Waals surface area contributed by atoms with Crippen molar-refractivity contribution in [2.24, 2.45) is 0 Å². The standard InChI is InChI=1S/C9H16N2O4.ClH/c1-5(12)7(9(14)15)11-8(13)6-3-2-4-10-6;/h5-7,10,12H,2-4H2,1H3,(H,11,13)(H,14,15);1H/t5-,6-,7-;/m0./s1. The van der Waals surface area contributed by atoms with Crippen LogP contribution in [0.15, 0.2) is 0 Å². The maximum atomic E-state index is 11.5. The summed E-state index contributed by atoms with van der Waals surface area (Å²) in [6.07, 6.45) is 0.510. The number of halogens is 1. The highest BCUT2D eigenvalue weighted by molar-refractivity contribution is 5.87. The van der Waals surface area contributed by atoms with E-state index in [1.807, 2.05) is 0 Å². The maximum absolute atomic E-state index is 11.5. The van der Waals surface area contributed by atoms with Gasteiger partial charge in [0.15, 0.2) is 6.04 Å². The lowest BCUT2D eigenvalue weighted by Crippen LogP contribution is -2.52. The second-order valence-corrected chi connectivity index (χ2v) is 3.71. The van der Waals surface area contributed by atoms with E-state index in [1.54, 1.807) is 0 Å². The highest BCUT2D eigenvalue weighted by Crippen LogP contribution is 2.05. The summed E-state index contributed by atoms with van der Waals surface area (Å²) in [5.74, 6) is -1.59. The molecule has 1 aliphatic rings. The van der Waals surface area contributed by atoms with Crippen molar-refractivity contribution in [3.63, 3.8) is 0 Å². The topological polar surface area (TPSA) is 98.7 Å². The SMILES string of the molecule is C[C@H](O)[C@H](NC(=O)[C@@H]1CCCN1)C(=O)O.Cl. The average Bonchev–Trinajstić information content (AvgIpc) is 2.65. The zero-order chi connectivity index (χ0) is 11.4. The molecule has 0 bridgehead atoms. The molecule has 16 heavy (non-hydrogen) atoms. The first-order valence-corrected chi connectivity index (χ1v) is 4.97. The fourth-order valence-corrected chi connectivity index (χ4v) is 1.55. The van der Waals surface area contributed by atoms with Crippen LogP contribution >= 0.6 is 12.4 Å². The number of hydrogen-bond acceptors (Lipinski definition) is 4. The molecule has 1 amide bonds. The first-order chi connectivity index (χ1) is 7.02. The molecule has 0 aromatic carbocycles. The van der Waals surface area contributed by atoms with Crippen LogP contribution in [0.25, 0.3) is 0 Å². The number of rotatable bonds is 4. The minimum absolute atomic E-state index is 0. The van der Waals surface area contributed by atoms with Crippen molar-refractivity contribution in [3.05, 3.63) is 0 Å². The zero-order valence-electron chi connectivity index (χ0n) is 8.97. The van der Waals surface area contributed by atoms with Crippen LogP contribution in [-0.4, -0.2) is 46.8 Å². The monoisotopic (exact) mass is 252 g/mol. The van der Waals surface area contributed by atoms with Gasteiger partial charge in [0.25, 0.3) is 0 Å². The van der Waals surface area contributed by atoms with E-state index in [0.29, 0.717) is 6.42 Å². The van der Waals surface area contributed by atoms with Crippen LogP contribution in [0, 0.1) is 0 Å². The van der Waals surface area contributed by atoms with E-state index < -0.39 is 18.1 Å². The molecule has 6 nitrogen and oxygen atoms in total. The van der Waals surface area contributed by atoms with Gasteiger partial charge in [-0.2, -0.15) is 0 Å². The molecule has 1 aliphatic heterocycles. The molecule has 1 saturated heterocycles. The fourth-order valence-electron chi connectivity index (χ4n) is 1.55. The largest absolute Gasteiger partial charge is 0.480 e. The number of nitrogens with one attached hydrogen (secondary N) is 2. The first-order valence-electron chi connectivity index (χ1n) is 4.97. The van der Waals surface area contributed by atoms with Crippen molar-refractivity contribution in [1.82, 2.24) is 10.6 Å². The van der Waals surface area contributed by atoms with Crippen LogP contribution in [0.5, 0.6) is 0 Å². The van der Waals surface area contributed by atoms with Crippen LogP contribution in [0.1, 0.15) is 19.8 Å². The Morgan fingerprint density at radius 1 is 1.50 bits per heavy atom. The van der Waals surface area contributed by atoms with Crippen LogP contribution in [0.4, 0.5) is 0 Å². The molecular formula is C9H17ClN2O4. The number of carboxylic acids is 1. The van der Waals surface area contributed by atoms with E-state index in [2.05, 4.69) is 10.6 Å². The molecule has 3 atom stereocenters. The van der Waals surface area contributed by atoms with E-state index in [0.717, 1.165) is 13.0 Å². The lowest BCUT2D eigenvalue weighted by Gasteiger charge is -2.19. The third-order valence-electron chi connectivity index (χ3n) is 2.42. The molecule has 0 aromatic rings. The van der Waals surface area contributed by atoms with Crippen LogP contribution < -0.4 is 10.6 Å². The molecule has 0 spiro atoms. The molecule has 0 saturated carbocycles. The van der Waals surface area contributed by atoms with Crippen molar-refractivity contribution >= 4 is 24.3 Å². The van der Waals surface area contributed by atoms with Gasteiger partial charge in [-0.15, -0.1) is 12.4 Å². The molecule has 0 aliphatic carbocycles. The second kappa shape index (κ2) is 6.67. The van der Waals surface area contributed by atoms with Crippen molar-refractivity contribution in [2.75, 3.05) is 6.54 Å². The highest BCUT2D eigenvalue weighted by atomic mass is 35.5. The third-order valence-corrected chi connectivity index (χ3v) is 2.42. The van der Waals surface area contributed by atoms with Crippen molar-refractivity contribution in [2.45, 2.75) is 38.0 Å². The molecule has 4 N–H and O–H groups in total. The predicted octanol–water partition coefficient (Wildman–Crippen LogP) is -0.890. The van der Waals surface area contributed by atoms with Gasteiger partial charge in [0, 0.05) is 0 Å². The summed E-state index contributed by atoms with van der Waals surface area (Å²) in [7, 11) is 0. The predicted molar refractivity (Wildman–Crippen MR) is 59.5 cm³/mol. The normalized spacial score (nSPS) is 23.0. The maximum Gasteiger partial charge on any atom is 0.328 e. The summed E-state index contributed by atoms with van der Waals surface area (Å²) in [5, 5.41) is 23.2. The van der Waals surface area contributed by atoms with E-state index in [1.165, 1.54) is 6.92 Å². The Hall–Kier alpha value is -0.850. The molecule has 0 unspecified atom stereocenters. The van der Waals surface area contributed by atoms with Gasteiger partial charge in [-0.3, -0.25) is 4.79 Å². The quantitative estimate of drug-likeness (QED) is 0.520. The molecule has 94 valence electrons. The van der Waals surface area contributed by atoms with Gasteiger partial charge < -0.3 is 20.8 Å². The second-order valence-electron chi connectivity index (χ2n) is 3.71. The van der Waals surface area contributed by atoms with Crippen LogP contribution in [-0.2, 0) is 9.59 Å². The number of carbonyl (C=O) groups is 2. The van der Waals surface area contributed by atoms with E-state index in [-0.39, 0.29) is 24.4 Å². The van der Waals surface area contributed by atoms with Crippen LogP contribution in [0.3, 0.4) is 0 Å². The van der Waals surface area contributed by atoms with E-state index >= 15 is 0 Å². The highest BCUT2D eigenvalue weighted by Gasteiger charge is 2.29. The minimum Gasteiger partial charge on any atom is -0.480 e. The van der Waals surface area contributed by atoms with E-state index in [4.69, 9.17) is 10.2 Å². The lowest BCUT2D eigenvalue weighted by atomic mass is 10.1. The molecule has 1 rings (SSSR count). The third kappa shape index (κ3) is 3.96. The number of hydrogen-bond donors (Lipinski definition) is 4. The molecule has 1 fully saturated rings. The number of carboxylic acid groups (broad SMARTS) is 1. The molecule has 1 heterocycles. The molecular weight excluding hydrogens is 236 g/mol. The minimum atomic E-state index is -1.24. The Kier molecular flexibility index (Phi) is 6.32. The van der Waals surface area contributed by atoms with Crippen LogP contribution in [0.2, 0.25) is 0 Å². The number of amides is 1. The first kappa shape index (κ1) is 15.2. The summed E-state index contributed by atoms with van der Waals surface area (Å²) >= 11 is 0. The average molecular weight is 253 g/mol. The Labute approximate surface area is 99.8 Å². The van der Waals surface area contributed by atoms with Gasteiger partial charge in [-0.25, -0.2) is 4.79 Å². The summed E-state index contributed by atoms with van der Waals surface area (Å²) in [4.78, 5) is 22.2. The smallest absolute Gasteiger partial charge is 0.328 e. The number of aliphatic hydroxyl groups excluding tert-OH is 1. The van der Waals surface area contributed by atoms with Crippen molar-refractivity contribution in [3.8, 4) is 0 Å². The van der Waals surface area contributed by atoms with Gasteiger partial charge in [0.2, 0.25) is 5.91 Å². The lowest BCUT2D eigenvalue weighted by molar-refractivity contribution is -0.145. The molecule has 0 aromatic heterocycles. The summed E-state index contributed by atoms with van der Waals surface area (Å²) in [6, 6.07) is -1.56. The summed E-state index contributed by atoms with van der Waals surface area (Å²) in [6.45, 7) is 2.10. The number of aliphatic carboxylic acids is 1. The van der Waals surface area contributed by atoms with E-state index in [9.17, 15) is 9.59 Å². The number of aliphatic hydroxyl groups is 1. The summed E-state index contributed by atoms with van der Waals surface area (Å²) in [5.41, 5.74) is 0. The molecule has 0 radical (unpaired) electrons. The van der Waals surface area contributed by atoms with Crippen molar-refractivity contribution in [1.29, 1.82) is 0 Å². The Morgan fingerprint density at radius 2 is 2.12 bits per heavy atom. The molecule has 7 heteroatoms. The van der Waals surface area contributed by atoms with Gasteiger partial charge in [0.1, 0.15) is 0 Å². The van der Waals surface area contributed by atoms with Gasteiger partial charge in [-0.1, -0.05) is 0 Å². The summed E-state index contributed by atoms with van der Waals surface area (Å²) < 4.78 is 0. The Morgan fingerprint density at radius 3 is 2.50 bits per heavy atom. The van der Waals surface area contributed by atoms with Gasteiger partial charge in [-0.05, 0) is 26.3 Å². The zero-order valence-corrected chi connectivity index (χ0v) is 9.79. The number of carbonyl (C=O) groups excluding carboxylic acids is 1.